The van der Waals surface area contributed by atoms with Crippen molar-refractivity contribution >= 4 is 49.4 Å². The molecule has 0 aliphatic heterocycles. The van der Waals surface area contributed by atoms with Gasteiger partial charge in [-0.3, -0.25) is 15.5 Å². The van der Waals surface area contributed by atoms with E-state index in [-0.39, 0.29) is 5.69 Å². The van der Waals surface area contributed by atoms with E-state index in [1.54, 1.807) is 18.3 Å². The lowest BCUT2D eigenvalue weighted by Gasteiger charge is -2.09. The molecule has 0 aliphatic rings. The molecule has 23 heavy (non-hydrogen) atoms. The van der Waals surface area contributed by atoms with Crippen LogP contribution in [0.25, 0.3) is 0 Å². The molecule has 0 radical (unpaired) electrons. The largest absolute Gasteiger partial charge is 0.492 e. The molecule has 2 rings (SSSR count). The van der Waals surface area contributed by atoms with Gasteiger partial charge in [-0.05, 0) is 62.5 Å². The van der Waals surface area contributed by atoms with Crippen LogP contribution >= 0.6 is 31.9 Å². The standard InChI is InChI=1S/C15H13Br2N3O3/c1-2-23-15-13(16)6-10(7-14(15)17)9-18-19-11-4-3-5-12(8-11)20(21)22/h3-9,19H,2H2,1H3. The molecule has 0 aromatic heterocycles. The highest BCUT2D eigenvalue weighted by atomic mass is 79.9. The third-order valence-electron chi connectivity index (χ3n) is 2.77. The van der Waals surface area contributed by atoms with Crippen LogP contribution in [0.5, 0.6) is 5.75 Å². The van der Waals surface area contributed by atoms with Crippen molar-refractivity contribution in [3.05, 3.63) is 61.0 Å². The van der Waals surface area contributed by atoms with E-state index in [4.69, 9.17) is 4.74 Å². The number of hydrogen-bond acceptors (Lipinski definition) is 5. The van der Waals surface area contributed by atoms with Gasteiger partial charge < -0.3 is 4.74 Å². The first-order valence-electron chi connectivity index (χ1n) is 6.66. The molecule has 0 unspecified atom stereocenters. The average Bonchev–Trinajstić information content (AvgIpc) is 2.51. The number of halogens is 2. The summed E-state index contributed by atoms with van der Waals surface area (Å²) in [6.07, 6.45) is 1.62. The minimum Gasteiger partial charge on any atom is -0.492 e. The second kappa shape index (κ2) is 8.07. The number of anilines is 1. The maximum absolute atomic E-state index is 10.7. The summed E-state index contributed by atoms with van der Waals surface area (Å²) in [5.41, 5.74) is 4.16. The van der Waals surface area contributed by atoms with E-state index in [9.17, 15) is 10.1 Å². The molecule has 6 nitrogen and oxygen atoms in total. The zero-order valence-electron chi connectivity index (χ0n) is 12.1. The first kappa shape index (κ1) is 17.4. The fourth-order valence-electron chi connectivity index (χ4n) is 1.81. The van der Waals surface area contributed by atoms with Crippen LogP contribution in [0.4, 0.5) is 11.4 Å². The molecule has 2 aromatic carbocycles. The Kier molecular flexibility index (Phi) is 6.12. The van der Waals surface area contributed by atoms with Gasteiger partial charge in [-0.15, -0.1) is 0 Å². The summed E-state index contributed by atoms with van der Waals surface area (Å²) in [6, 6.07) is 9.88. The number of rotatable bonds is 6. The van der Waals surface area contributed by atoms with Crippen LogP contribution in [-0.2, 0) is 0 Å². The summed E-state index contributed by atoms with van der Waals surface area (Å²) in [5.74, 6) is 0.733. The van der Waals surface area contributed by atoms with E-state index in [1.807, 2.05) is 19.1 Å². The van der Waals surface area contributed by atoms with Crippen molar-refractivity contribution in [3.63, 3.8) is 0 Å². The summed E-state index contributed by atoms with van der Waals surface area (Å²) < 4.78 is 7.14. The number of hydrogen-bond donors (Lipinski definition) is 1. The van der Waals surface area contributed by atoms with Crippen LogP contribution in [0.3, 0.4) is 0 Å². The van der Waals surface area contributed by atoms with Crippen LogP contribution in [0.15, 0.2) is 50.4 Å². The molecule has 0 aliphatic carbocycles. The fourth-order valence-corrected chi connectivity index (χ4v) is 3.26. The first-order valence-corrected chi connectivity index (χ1v) is 8.25. The normalized spacial score (nSPS) is 10.7. The highest BCUT2D eigenvalue weighted by Crippen LogP contribution is 2.34. The van der Waals surface area contributed by atoms with E-state index in [1.165, 1.54) is 12.1 Å². The van der Waals surface area contributed by atoms with E-state index >= 15 is 0 Å². The van der Waals surface area contributed by atoms with Gasteiger partial charge in [0.2, 0.25) is 0 Å². The molecule has 0 bridgehead atoms. The van der Waals surface area contributed by atoms with Crippen LogP contribution in [0.2, 0.25) is 0 Å². The van der Waals surface area contributed by atoms with E-state index in [0.29, 0.717) is 12.3 Å². The average molecular weight is 443 g/mol. The second-order valence-electron chi connectivity index (χ2n) is 4.42. The van der Waals surface area contributed by atoms with Crippen molar-refractivity contribution in [2.45, 2.75) is 6.92 Å². The lowest BCUT2D eigenvalue weighted by atomic mass is 10.2. The summed E-state index contributed by atoms with van der Waals surface area (Å²) >= 11 is 6.90. The van der Waals surface area contributed by atoms with Crippen molar-refractivity contribution in [2.24, 2.45) is 5.10 Å². The quantitative estimate of drug-likeness (QED) is 0.389. The zero-order chi connectivity index (χ0) is 16.8. The van der Waals surface area contributed by atoms with E-state index in [0.717, 1.165) is 20.3 Å². The fraction of sp³-hybridized carbons (Fsp3) is 0.133. The SMILES string of the molecule is CCOc1c(Br)cc(C=NNc2cccc([N+](=O)[O-])c2)cc1Br. The molecule has 0 heterocycles. The van der Waals surface area contributed by atoms with Crippen LogP contribution < -0.4 is 10.2 Å². The Labute approximate surface area is 150 Å². The second-order valence-corrected chi connectivity index (χ2v) is 6.13. The number of hydrazone groups is 1. The Hall–Kier alpha value is -1.93. The number of nitro groups is 1. The first-order chi connectivity index (χ1) is 11.0. The summed E-state index contributed by atoms with van der Waals surface area (Å²) in [5, 5.41) is 14.8. The lowest BCUT2D eigenvalue weighted by Crippen LogP contribution is -1.96. The molecule has 0 amide bonds. The molecular formula is C15H13Br2N3O3. The smallest absolute Gasteiger partial charge is 0.271 e. The van der Waals surface area contributed by atoms with Gasteiger partial charge in [-0.2, -0.15) is 5.10 Å². The number of nitro benzene ring substituents is 1. The zero-order valence-corrected chi connectivity index (χ0v) is 15.3. The minimum atomic E-state index is -0.449. The molecule has 0 spiro atoms. The Morgan fingerprint density at radius 1 is 1.30 bits per heavy atom. The number of benzene rings is 2. The molecule has 0 saturated heterocycles. The lowest BCUT2D eigenvalue weighted by molar-refractivity contribution is -0.384. The maximum atomic E-state index is 10.7. The third-order valence-corrected chi connectivity index (χ3v) is 3.95. The Morgan fingerprint density at radius 2 is 2.00 bits per heavy atom. The molecule has 2 aromatic rings. The molecule has 0 atom stereocenters. The molecule has 0 saturated carbocycles. The van der Waals surface area contributed by atoms with Gasteiger partial charge in [0, 0.05) is 12.1 Å². The van der Waals surface area contributed by atoms with Crippen molar-refractivity contribution in [2.75, 3.05) is 12.0 Å². The highest BCUT2D eigenvalue weighted by molar-refractivity contribution is 9.11. The van der Waals surface area contributed by atoms with Gasteiger partial charge in [0.15, 0.2) is 0 Å². The molecule has 8 heteroatoms. The predicted molar refractivity (Wildman–Crippen MR) is 97.3 cm³/mol. The summed E-state index contributed by atoms with van der Waals surface area (Å²) in [4.78, 5) is 10.3. The Bertz CT molecular complexity index is 727. The van der Waals surface area contributed by atoms with Gasteiger partial charge in [0.25, 0.3) is 5.69 Å². The van der Waals surface area contributed by atoms with Crippen LogP contribution in [0, 0.1) is 10.1 Å². The maximum Gasteiger partial charge on any atom is 0.271 e. The topological polar surface area (TPSA) is 76.8 Å². The van der Waals surface area contributed by atoms with Crippen molar-refractivity contribution < 1.29 is 9.66 Å². The third kappa shape index (κ3) is 4.77. The number of nitrogens with one attached hydrogen (secondary N) is 1. The van der Waals surface area contributed by atoms with Gasteiger partial charge in [0.05, 0.1) is 32.4 Å². The molecule has 120 valence electrons. The van der Waals surface area contributed by atoms with Crippen molar-refractivity contribution in [1.29, 1.82) is 0 Å². The van der Waals surface area contributed by atoms with Gasteiger partial charge in [-0.25, -0.2) is 0 Å². The summed E-state index contributed by atoms with van der Waals surface area (Å²) in [6.45, 7) is 2.48. The van der Waals surface area contributed by atoms with Crippen LogP contribution in [0.1, 0.15) is 12.5 Å². The molecular weight excluding hydrogens is 430 g/mol. The van der Waals surface area contributed by atoms with E-state index < -0.39 is 4.92 Å². The molecule has 1 N–H and O–H groups in total. The van der Waals surface area contributed by atoms with Gasteiger partial charge in [-0.1, -0.05) is 6.07 Å². The Morgan fingerprint density at radius 3 is 2.61 bits per heavy atom. The highest BCUT2D eigenvalue weighted by Gasteiger charge is 2.08. The van der Waals surface area contributed by atoms with Crippen molar-refractivity contribution in [1.82, 2.24) is 0 Å². The van der Waals surface area contributed by atoms with Crippen LogP contribution in [-0.4, -0.2) is 17.7 Å². The number of non-ortho nitro benzene ring substituents is 1. The van der Waals surface area contributed by atoms with E-state index in [2.05, 4.69) is 42.4 Å². The van der Waals surface area contributed by atoms with Crippen molar-refractivity contribution in [3.8, 4) is 5.75 Å². The minimum absolute atomic E-state index is 0.0109. The predicted octanol–water partition coefficient (Wildman–Crippen LogP) is 4.96. The number of ether oxygens (including phenoxy) is 1. The monoisotopic (exact) mass is 441 g/mol. The van der Waals surface area contributed by atoms with Gasteiger partial charge in [0.1, 0.15) is 5.75 Å². The summed E-state index contributed by atoms with van der Waals surface area (Å²) in [7, 11) is 0. The van der Waals surface area contributed by atoms with Gasteiger partial charge >= 0.3 is 0 Å². The number of nitrogens with zero attached hydrogens (tertiary/aromatic N) is 2. The molecule has 0 fully saturated rings. The Balaban J connectivity index is 2.12.